The molecule has 0 spiro atoms. The molecule has 0 aromatic heterocycles. The molecule has 140 valence electrons. The average molecular weight is 389 g/mol. The number of imide groups is 1. The first kappa shape index (κ1) is 18.6. The maximum absolute atomic E-state index is 12.7. The Kier molecular flexibility index (Phi) is 4.48. The maximum Gasteiger partial charge on any atom is 0.339 e. The van der Waals surface area contributed by atoms with Crippen LogP contribution in [-0.2, 0) is 9.84 Å². The predicted molar refractivity (Wildman–Crippen MR) is 95.3 cm³/mol. The van der Waals surface area contributed by atoms with Crippen molar-refractivity contribution in [1.82, 2.24) is 0 Å². The van der Waals surface area contributed by atoms with E-state index in [1.54, 1.807) is 12.1 Å². The first-order valence-electron chi connectivity index (χ1n) is 7.88. The molecule has 0 unspecified atom stereocenters. The summed E-state index contributed by atoms with van der Waals surface area (Å²) in [6.07, 6.45) is 0. The van der Waals surface area contributed by atoms with Gasteiger partial charge in [-0.3, -0.25) is 9.59 Å². The molecule has 2 aromatic carbocycles. The number of ether oxygens (including phenoxy) is 1. The van der Waals surface area contributed by atoms with Gasteiger partial charge >= 0.3 is 5.97 Å². The van der Waals surface area contributed by atoms with Gasteiger partial charge in [-0.1, -0.05) is 19.1 Å². The van der Waals surface area contributed by atoms with Crippen LogP contribution in [0.4, 0.5) is 5.69 Å². The van der Waals surface area contributed by atoms with Gasteiger partial charge in [0.1, 0.15) is 11.3 Å². The molecule has 2 amide bonds. The maximum atomic E-state index is 12.7. The number of hydrogen-bond donors (Lipinski definition) is 1. The summed E-state index contributed by atoms with van der Waals surface area (Å²) < 4.78 is 30.1. The van der Waals surface area contributed by atoms with Crippen LogP contribution >= 0.6 is 0 Å². The number of fused-ring (bicyclic) bond motifs is 1. The van der Waals surface area contributed by atoms with Crippen LogP contribution in [0.25, 0.3) is 0 Å². The van der Waals surface area contributed by atoms with E-state index in [1.165, 1.54) is 26.2 Å². The number of carboxylic acid groups (broad SMARTS) is 1. The topological polar surface area (TPSA) is 118 Å². The van der Waals surface area contributed by atoms with Gasteiger partial charge in [-0.25, -0.2) is 18.1 Å². The number of anilines is 1. The summed E-state index contributed by atoms with van der Waals surface area (Å²) in [5, 5.41) is 9.34. The molecule has 0 radical (unpaired) electrons. The van der Waals surface area contributed by atoms with Crippen LogP contribution in [0.3, 0.4) is 0 Å². The summed E-state index contributed by atoms with van der Waals surface area (Å²) in [7, 11) is -2.74. The molecular weight excluding hydrogens is 374 g/mol. The fourth-order valence-electron chi connectivity index (χ4n) is 2.87. The number of benzene rings is 2. The highest BCUT2D eigenvalue weighted by Gasteiger charge is 2.39. The number of carboxylic acids is 1. The average Bonchev–Trinajstić information content (AvgIpc) is 2.91. The summed E-state index contributed by atoms with van der Waals surface area (Å²) in [4.78, 5) is 37.3. The van der Waals surface area contributed by atoms with Crippen molar-refractivity contribution in [2.45, 2.75) is 11.8 Å². The lowest BCUT2D eigenvalue weighted by atomic mass is 10.1. The van der Waals surface area contributed by atoms with Gasteiger partial charge in [0, 0.05) is 6.07 Å². The second-order valence-electron chi connectivity index (χ2n) is 5.72. The summed E-state index contributed by atoms with van der Waals surface area (Å²) in [5.74, 6) is -3.27. The normalized spacial score (nSPS) is 13.6. The molecule has 0 fully saturated rings. The lowest BCUT2D eigenvalue weighted by Crippen LogP contribution is -2.31. The largest absolute Gasteiger partial charge is 0.496 e. The van der Waals surface area contributed by atoms with Crippen molar-refractivity contribution < 1.29 is 32.6 Å². The van der Waals surface area contributed by atoms with Crippen molar-refractivity contribution in [2.75, 3.05) is 17.8 Å². The van der Waals surface area contributed by atoms with Gasteiger partial charge < -0.3 is 9.84 Å². The van der Waals surface area contributed by atoms with Crippen LogP contribution in [0.1, 0.15) is 38.0 Å². The van der Waals surface area contributed by atoms with Crippen molar-refractivity contribution >= 4 is 33.3 Å². The highest BCUT2D eigenvalue weighted by atomic mass is 32.2. The van der Waals surface area contributed by atoms with Crippen LogP contribution in [-0.4, -0.2) is 44.2 Å². The fourth-order valence-corrected chi connectivity index (χ4v) is 3.95. The summed E-state index contributed by atoms with van der Waals surface area (Å²) in [6, 6.07) is 8.11. The molecule has 1 aliphatic rings. The van der Waals surface area contributed by atoms with Crippen LogP contribution in [0.2, 0.25) is 0 Å². The minimum atomic E-state index is -3.95. The summed E-state index contributed by atoms with van der Waals surface area (Å²) >= 11 is 0. The van der Waals surface area contributed by atoms with Crippen molar-refractivity contribution in [3.63, 3.8) is 0 Å². The number of methoxy groups -OCH3 is 1. The molecular formula is C18H15NO7S. The van der Waals surface area contributed by atoms with E-state index in [4.69, 9.17) is 4.74 Å². The minimum absolute atomic E-state index is 0.142. The Morgan fingerprint density at radius 3 is 2.11 bits per heavy atom. The number of carbonyl (C=O) groups is 3. The number of nitrogens with zero attached hydrogens (tertiary/aromatic N) is 1. The monoisotopic (exact) mass is 389 g/mol. The Morgan fingerprint density at radius 1 is 1.11 bits per heavy atom. The number of aromatic carboxylic acids is 1. The molecule has 1 N–H and O–H groups in total. The molecule has 0 saturated carbocycles. The number of carbonyl (C=O) groups excluding carboxylic acids is 2. The Morgan fingerprint density at radius 2 is 1.67 bits per heavy atom. The Hall–Kier alpha value is -3.20. The highest BCUT2D eigenvalue weighted by Crippen LogP contribution is 2.37. The smallest absolute Gasteiger partial charge is 0.339 e. The van der Waals surface area contributed by atoms with Gasteiger partial charge in [-0.2, -0.15) is 0 Å². The number of amides is 2. The summed E-state index contributed by atoms with van der Waals surface area (Å²) in [6.45, 7) is 1.38. The van der Waals surface area contributed by atoms with Crippen LogP contribution in [0.5, 0.6) is 5.75 Å². The molecule has 0 saturated heterocycles. The van der Waals surface area contributed by atoms with E-state index in [2.05, 4.69) is 0 Å². The predicted octanol–water partition coefficient (Wildman–Crippen LogP) is 1.99. The van der Waals surface area contributed by atoms with E-state index in [0.29, 0.717) is 0 Å². The standard InChI is InChI=1S/C18H15NO7S/c1-3-27(24,25)15-8-12(18(22)23)14(26-2)9-13(15)19-16(20)10-6-4-5-7-11(10)17(19)21/h4-9H,3H2,1-2H3,(H,22,23). The Labute approximate surface area is 154 Å². The van der Waals surface area contributed by atoms with E-state index in [9.17, 15) is 27.9 Å². The quantitative estimate of drug-likeness (QED) is 0.777. The van der Waals surface area contributed by atoms with Gasteiger partial charge in [0.25, 0.3) is 11.8 Å². The molecule has 8 nitrogen and oxygen atoms in total. The third-order valence-corrected chi connectivity index (χ3v) is 6.02. The third kappa shape index (κ3) is 2.85. The minimum Gasteiger partial charge on any atom is -0.496 e. The number of sulfone groups is 1. The second kappa shape index (κ2) is 6.51. The lowest BCUT2D eigenvalue weighted by Gasteiger charge is -2.20. The zero-order valence-corrected chi connectivity index (χ0v) is 15.2. The second-order valence-corrected chi connectivity index (χ2v) is 7.97. The molecule has 0 atom stereocenters. The first-order valence-corrected chi connectivity index (χ1v) is 9.54. The van der Waals surface area contributed by atoms with E-state index < -0.39 is 32.5 Å². The molecule has 0 aliphatic carbocycles. The van der Waals surface area contributed by atoms with Gasteiger partial charge in [0.15, 0.2) is 9.84 Å². The first-order chi connectivity index (χ1) is 12.7. The Bertz CT molecular complexity index is 1050. The van der Waals surface area contributed by atoms with Crippen LogP contribution < -0.4 is 9.64 Å². The summed E-state index contributed by atoms with van der Waals surface area (Å²) in [5.41, 5.74) is -0.331. The van der Waals surface area contributed by atoms with E-state index in [-0.39, 0.29) is 33.9 Å². The molecule has 1 heterocycles. The lowest BCUT2D eigenvalue weighted by molar-refractivity contribution is 0.0692. The van der Waals surface area contributed by atoms with Gasteiger partial charge in [0.05, 0.1) is 34.6 Å². The van der Waals surface area contributed by atoms with Crippen molar-refractivity contribution in [2.24, 2.45) is 0 Å². The van der Waals surface area contributed by atoms with Crippen molar-refractivity contribution in [3.8, 4) is 5.75 Å². The van der Waals surface area contributed by atoms with Gasteiger partial charge in [0.2, 0.25) is 0 Å². The van der Waals surface area contributed by atoms with Gasteiger partial charge in [-0.05, 0) is 18.2 Å². The highest BCUT2D eigenvalue weighted by molar-refractivity contribution is 7.91. The molecule has 3 rings (SSSR count). The zero-order chi connectivity index (χ0) is 19.9. The van der Waals surface area contributed by atoms with Gasteiger partial charge in [-0.15, -0.1) is 0 Å². The van der Waals surface area contributed by atoms with E-state index in [1.807, 2.05) is 0 Å². The number of hydrogen-bond acceptors (Lipinski definition) is 6. The molecule has 1 aliphatic heterocycles. The van der Waals surface area contributed by atoms with E-state index in [0.717, 1.165) is 17.0 Å². The SMILES string of the molecule is CCS(=O)(=O)c1cc(C(=O)O)c(OC)cc1N1C(=O)c2ccccc2C1=O. The molecule has 2 aromatic rings. The van der Waals surface area contributed by atoms with Crippen LogP contribution in [0, 0.1) is 0 Å². The molecule has 0 bridgehead atoms. The molecule has 27 heavy (non-hydrogen) atoms. The molecule has 9 heteroatoms. The van der Waals surface area contributed by atoms with Crippen molar-refractivity contribution in [1.29, 1.82) is 0 Å². The number of rotatable bonds is 5. The van der Waals surface area contributed by atoms with E-state index >= 15 is 0 Å². The van der Waals surface area contributed by atoms with Crippen LogP contribution in [0.15, 0.2) is 41.3 Å². The zero-order valence-electron chi connectivity index (χ0n) is 14.4. The third-order valence-electron chi connectivity index (χ3n) is 4.26. The van der Waals surface area contributed by atoms with Crippen molar-refractivity contribution in [3.05, 3.63) is 53.1 Å². The fraction of sp³-hybridized carbons (Fsp3) is 0.167. The Balaban J connectivity index is 2.32.